The molecule has 0 saturated heterocycles. The Morgan fingerprint density at radius 2 is 1.27 bits per heavy atom. The zero-order valence-corrected chi connectivity index (χ0v) is 31.3. The van der Waals surface area contributed by atoms with Crippen molar-refractivity contribution in [1.29, 1.82) is 0 Å². The molecule has 7 atom stereocenters. The van der Waals surface area contributed by atoms with Crippen LogP contribution in [0.5, 0.6) is 0 Å². The Morgan fingerprint density at radius 3 is 1.73 bits per heavy atom. The lowest BCUT2D eigenvalue weighted by atomic mass is 10.0. The standard InChI is InChI=1S/C31H49N13O12/c1-13(2)23(25(33)47)41-26(48)15(4)38-30(52)24(16(5)45)42-27(49)14(3)37-29(51)20(12-22(32)46)40-28(50)19(7-6-10-36-31(34)35)39-18-9-8-17(43(53)54)11-21(18)44(55)56/h8-9,11,13-16,19-20,23-24,39,45H,6-7,10,12H2,1-5H3,(H2,32,46)(H2,33,47)(H,37,51)(H,38,52)(H,40,50)(H,41,48)(H,42,49)(H4,34,35,36)/t14-,15+,16-,19-,20-,23-,24-/m0/s1. The molecule has 0 spiro atoms. The number of carbonyl (C=O) groups is 7. The molecule has 0 aliphatic rings. The summed E-state index contributed by atoms with van der Waals surface area (Å²) in [6, 6.07) is -5.94. The van der Waals surface area contributed by atoms with Crippen LogP contribution in [0.3, 0.4) is 0 Å². The number of amides is 7. The molecule has 0 aliphatic carbocycles. The molecule has 1 aromatic carbocycles. The molecule has 0 aliphatic heterocycles. The molecule has 25 heteroatoms. The minimum absolute atomic E-state index is 0.000544. The zero-order valence-electron chi connectivity index (χ0n) is 31.3. The SMILES string of the molecule is CC(C)[C@H](NC(=O)[C@@H](C)NC(=O)[C@@H](NC(=O)[C@H](C)NC(=O)[C@H](CC(N)=O)NC(=O)[C@H](CCCN=C(N)N)Nc1ccc([N+](=O)[O-])cc1[N+](=O)[O-])[C@H](C)O)C(N)=O. The Kier molecular flexibility index (Phi) is 18.5. The number of hydrogen-bond acceptors (Lipinski definition) is 14. The van der Waals surface area contributed by atoms with Gasteiger partial charge in [0, 0.05) is 12.6 Å². The molecular formula is C31H49N13O12. The second kappa shape index (κ2) is 21.9. The summed E-state index contributed by atoms with van der Waals surface area (Å²) in [6.45, 7) is 6.87. The first kappa shape index (κ1) is 47.4. The van der Waals surface area contributed by atoms with Crippen molar-refractivity contribution in [3.05, 3.63) is 38.4 Å². The van der Waals surface area contributed by atoms with Crippen LogP contribution in [-0.2, 0) is 33.6 Å². The number of nitrogens with two attached hydrogens (primary N) is 4. The molecular weight excluding hydrogens is 746 g/mol. The number of primary amides is 2. The van der Waals surface area contributed by atoms with Crippen LogP contribution in [0.4, 0.5) is 17.1 Å². The molecule has 1 rings (SSSR count). The van der Waals surface area contributed by atoms with Gasteiger partial charge in [-0.2, -0.15) is 0 Å². The maximum atomic E-state index is 13.5. The van der Waals surface area contributed by atoms with E-state index in [4.69, 9.17) is 22.9 Å². The van der Waals surface area contributed by atoms with E-state index >= 15 is 0 Å². The number of rotatable bonds is 23. The lowest BCUT2D eigenvalue weighted by Crippen LogP contribution is -2.61. The molecule has 310 valence electrons. The van der Waals surface area contributed by atoms with Crippen molar-refractivity contribution in [3.8, 4) is 0 Å². The van der Waals surface area contributed by atoms with Crippen molar-refractivity contribution in [2.24, 2.45) is 33.8 Å². The topological polar surface area (TPSA) is 415 Å². The average molecular weight is 796 g/mol. The minimum atomic E-state index is -1.73. The monoisotopic (exact) mass is 795 g/mol. The summed E-state index contributed by atoms with van der Waals surface area (Å²) in [6.07, 6.45) is -2.36. The smallest absolute Gasteiger partial charge is 0.299 e. The van der Waals surface area contributed by atoms with Gasteiger partial charge in [0.1, 0.15) is 41.9 Å². The van der Waals surface area contributed by atoms with E-state index in [1.807, 2.05) is 0 Å². The minimum Gasteiger partial charge on any atom is -0.391 e. The summed E-state index contributed by atoms with van der Waals surface area (Å²) in [5.74, 6) is -7.45. The summed E-state index contributed by atoms with van der Waals surface area (Å²) in [4.78, 5) is 114. The van der Waals surface area contributed by atoms with Crippen LogP contribution in [0.2, 0.25) is 0 Å². The van der Waals surface area contributed by atoms with Crippen molar-refractivity contribution < 1.29 is 48.5 Å². The van der Waals surface area contributed by atoms with Crippen molar-refractivity contribution >= 4 is 64.4 Å². The van der Waals surface area contributed by atoms with E-state index < -0.39 is 111 Å². The van der Waals surface area contributed by atoms with Crippen LogP contribution in [0.15, 0.2) is 23.2 Å². The van der Waals surface area contributed by atoms with Crippen molar-refractivity contribution in [1.82, 2.24) is 26.6 Å². The number of nitro groups is 2. The van der Waals surface area contributed by atoms with Crippen molar-refractivity contribution in [3.63, 3.8) is 0 Å². The van der Waals surface area contributed by atoms with E-state index in [1.165, 1.54) is 13.8 Å². The Hall–Kier alpha value is -6.66. The molecule has 0 radical (unpaired) electrons. The van der Waals surface area contributed by atoms with Crippen LogP contribution in [0.1, 0.15) is 53.9 Å². The largest absolute Gasteiger partial charge is 0.391 e. The summed E-state index contributed by atoms with van der Waals surface area (Å²) < 4.78 is 0. The normalized spacial score (nSPS) is 14.6. The molecule has 0 bridgehead atoms. The Morgan fingerprint density at radius 1 is 0.732 bits per heavy atom. The quantitative estimate of drug-likeness (QED) is 0.0166. The van der Waals surface area contributed by atoms with Crippen LogP contribution in [-0.4, -0.2) is 111 Å². The average Bonchev–Trinajstić information content (AvgIpc) is 3.08. The third-order valence-corrected chi connectivity index (χ3v) is 7.86. The van der Waals surface area contributed by atoms with Gasteiger partial charge in [0.05, 0.1) is 28.4 Å². The summed E-state index contributed by atoms with van der Waals surface area (Å²) in [7, 11) is 0. The van der Waals surface area contributed by atoms with Gasteiger partial charge in [0.25, 0.3) is 11.4 Å². The predicted molar refractivity (Wildman–Crippen MR) is 198 cm³/mol. The third-order valence-electron chi connectivity index (χ3n) is 7.86. The molecule has 25 nitrogen and oxygen atoms in total. The Balaban J connectivity index is 3.19. The van der Waals surface area contributed by atoms with Crippen molar-refractivity contribution in [2.45, 2.75) is 96.2 Å². The van der Waals surface area contributed by atoms with Crippen LogP contribution < -0.4 is 54.8 Å². The maximum Gasteiger partial charge on any atom is 0.299 e. The number of non-ortho nitro benzene ring substituents is 1. The zero-order chi connectivity index (χ0) is 43.0. The Bertz CT molecular complexity index is 1680. The first-order valence-electron chi connectivity index (χ1n) is 17.0. The maximum absolute atomic E-state index is 13.5. The fourth-order valence-electron chi connectivity index (χ4n) is 4.83. The second-order valence-electron chi connectivity index (χ2n) is 12.9. The summed E-state index contributed by atoms with van der Waals surface area (Å²) in [5, 5.41) is 47.3. The van der Waals surface area contributed by atoms with Gasteiger partial charge in [-0.15, -0.1) is 0 Å². The number of guanidine groups is 1. The van der Waals surface area contributed by atoms with Gasteiger partial charge in [0.2, 0.25) is 41.4 Å². The van der Waals surface area contributed by atoms with Gasteiger partial charge < -0.3 is 59.9 Å². The molecule has 0 aromatic heterocycles. The molecule has 1 aromatic rings. The molecule has 56 heavy (non-hydrogen) atoms. The van der Waals surface area contributed by atoms with Gasteiger partial charge in [-0.25, -0.2) is 0 Å². The number of aliphatic hydroxyl groups excluding tert-OH is 1. The van der Waals surface area contributed by atoms with E-state index in [9.17, 15) is 58.9 Å². The number of nitrogens with zero attached hydrogens (tertiary/aromatic N) is 3. The molecule has 15 N–H and O–H groups in total. The van der Waals surface area contributed by atoms with Gasteiger partial charge in [-0.05, 0) is 45.6 Å². The Labute approximate surface area is 319 Å². The molecule has 0 heterocycles. The number of hydrogen-bond donors (Lipinski definition) is 11. The number of aliphatic imine (C=N–C) groups is 1. The van der Waals surface area contributed by atoms with Gasteiger partial charge >= 0.3 is 0 Å². The van der Waals surface area contributed by atoms with E-state index in [2.05, 4.69) is 36.9 Å². The van der Waals surface area contributed by atoms with Gasteiger partial charge in [0.15, 0.2) is 5.96 Å². The highest BCUT2D eigenvalue weighted by atomic mass is 16.6. The van der Waals surface area contributed by atoms with E-state index in [1.54, 1.807) is 13.8 Å². The van der Waals surface area contributed by atoms with Crippen LogP contribution in [0.25, 0.3) is 0 Å². The highest BCUT2D eigenvalue weighted by Gasteiger charge is 2.34. The number of carbonyl (C=O) groups excluding carboxylic acids is 7. The number of nitro benzene ring substituents is 2. The fraction of sp³-hybridized carbons (Fsp3) is 0.548. The first-order valence-corrected chi connectivity index (χ1v) is 17.0. The predicted octanol–water partition coefficient (Wildman–Crippen LogP) is -3.80. The van der Waals surface area contributed by atoms with Gasteiger partial charge in [-0.3, -0.25) is 58.8 Å². The van der Waals surface area contributed by atoms with E-state index in [0.29, 0.717) is 6.07 Å². The lowest BCUT2D eigenvalue weighted by molar-refractivity contribution is -0.393. The molecule has 0 fully saturated rings. The van der Waals surface area contributed by atoms with Crippen LogP contribution in [0, 0.1) is 26.1 Å². The molecule has 0 unspecified atom stereocenters. The summed E-state index contributed by atoms with van der Waals surface area (Å²) in [5.41, 5.74) is 19.6. The van der Waals surface area contributed by atoms with Crippen LogP contribution >= 0.6 is 0 Å². The first-order chi connectivity index (χ1) is 26.0. The third kappa shape index (κ3) is 15.4. The molecule has 7 amide bonds. The molecule has 0 saturated carbocycles. The number of benzene rings is 1. The van der Waals surface area contributed by atoms with E-state index in [0.717, 1.165) is 19.1 Å². The number of aliphatic hydroxyl groups is 1. The second-order valence-corrected chi connectivity index (χ2v) is 12.9. The lowest BCUT2D eigenvalue weighted by Gasteiger charge is -2.27. The van der Waals surface area contributed by atoms with Gasteiger partial charge in [-0.1, -0.05) is 13.8 Å². The number of nitrogens with one attached hydrogen (secondary N) is 6. The highest BCUT2D eigenvalue weighted by molar-refractivity contribution is 5.98. The van der Waals surface area contributed by atoms with Crippen molar-refractivity contribution in [2.75, 3.05) is 11.9 Å². The highest BCUT2D eigenvalue weighted by Crippen LogP contribution is 2.30. The summed E-state index contributed by atoms with van der Waals surface area (Å²) >= 11 is 0. The fourth-order valence-corrected chi connectivity index (χ4v) is 4.83. The van der Waals surface area contributed by atoms with E-state index in [-0.39, 0.29) is 37.0 Å². The number of anilines is 1.